The van der Waals surface area contributed by atoms with Crippen molar-refractivity contribution in [1.82, 2.24) is 5.32 Å². The molecule has 0 aromatic heterocycles. The molecule has 2 N–H and O–H groups in total. The first-order chi connectivity index (χ1) is 9.61. The van der Waals surface area contributed by atoms with Gasteiger partial charge in [0.15, 0.2) is 0 Å². The molecule has 0 heterocycles. The van der Waals surface area contributed by atoms with Gasteiger partial charge in [0.1, 0.15) is 0 Å². The molecule has 3 nitrogen and oxygen atoms in total. The summed E-state index contributed by atoms with van der Waals surface area (Å²) in [6, 6.07) is 13.6. The second kappa shape index (κ2) is 6.57. The smallest absolute Gasteiger partial charge is 0.251 e. The fraction of sp³-hybridized carbons (Fsp3) is 0.188. The Morgan fingerprint density at radius 1 is 1.20 bits per heavy atom. The van der Waals surface area contributed by atoms with Crippen LogP contribution in [0.4, 0.5) is 5.69 Å². The first-order valence-corrected chi connectivity index (χ1v) is 7.21. The van der Waals surface area contributed by atoms with E-state index in [2.05, 4.69) is 26.6 Å². The van der Waals surface area contributed by atoms with Crippen molar-refractivity contribution in [3.8, 4) is 0 Å². The lowest BCUT2D eigenvalue weighted by Crippen LogP contribution is -2.23. The van der Waals surface area contributed by atoms with E-state index in [-0.39, 0.29) is 5.91 Å². The third-order valence-electron chi connectivity index (χ3n) is 3.16. The average molecular weight is 333 g/mol. The summed E-state index contributed by atoms with van der Waals surface area (Å²) in [6.07, 6.45) is 0. The molecule has 0 saturated heterocycles. The number of nitrogens with one attached hydrogen (secondary N) is 2. The lowest BCUT2D eigenvalue weighted by atomic mass is 10.1. The number of benzene rings is 2. The van der Waals surface area contributed by atoms with Crippen LogP contribution in [0.25, 0.3) is 0 Å². The van der Waals surface area contributed by atoms with Crippen LogP contribution in [-0.4, -0.2) is 13.0 Å². The zero-order valence-corrected chi connectivity index (χ0v) is 13.1. The van der Waals surface area contributed by atoms with Crippen molar-refractivity contribution in [2.75, 3.05) is 12.4 Å². The zero-order valence-electron chi connectivity index (χ0n) is 11.5. The largest absolute Gasteiger partial charge is 0.388 e. The Morgan fingerprint density at radius 3 is 2.60 bits per heavy atom. The Kier molecular flexibility index (Phi) is 4.79. The van der Waals surface area contributed by atoms with Gasteiger partial charge < -0.3 is 10.6 Å². The number of hydrogen-bond donors (Lipinski definition) is 2. The fourth-order valence-electron chi connectivity index (χ4n) is 1.99. The molecular weight excluding hydrogens is 316 g/mol. The summed E-state index contributed by atoms with van der Waals surface area (Å²) >= 11 is 3.48. The molecule has 0 aliphatic carbocycles. The van der Waals surface area contributed by atoms with E-state index in [9.17, 15) is 4.79 Å². The molecule has 0 bridgehead atoms. The molecule has 104 valence electrons. The minimum Gasteiger partial charge on any atom is -0.388 e. The van der Waals surface area contributed by atoms with Crippen LogP contribution in [0, 0.1) is 6.92 Å². The normalized spacial score (nSPS) is 10.2. The highest BCUT2D eigenvalue weighted by molar-refractivity contribution is 9.10. The van der Waals surface area contributed by atoms with Crippen LogP contribution in [0.1, 0.15) is 21.5 Å². The number of carbonyl (C=O) groups excluding carboxylic acids is 1. The third-order valence-corrected chi connectivity index (χ3v) is 3.93. The van der Waals surface area contributed by atoms with Crippen LogP contribution in [0.5, 0.6) is 0 Å². The maximum absolute atomic E-state index is 12.2. The van der Waals surface area contributed by atoms with Gasteiger partial charge in [0.2, 0.25) is 0 Å². The van der Waals surface area contributed by atoms with E-state index in [1.165, 1.54) is 0 Å². The predicted octanol–water partition coefficient (Wildman–Crippen LogP) is 3.73. The van der Waals surface area contributed by atoms with Crippen molar-refractivity contribution < 1.29 is 4.79 Å². The van der Waals surface area contributed by atoms with E-state index >= 15 is 0 Å². The fourth-order valence-corrected chi connectivity index (χ4v) is 2.41. The summed E-state index contributed by atoms with van der Waals surface area (Å²) in [5.41, 5.74) is 3.73. The highest BCUT2D eigenvalue weighted by Gasteiger charge is 2.09. The number of halogens is 1. The molecule has 2 aromatic carbocycles. The Balaban J connectivity index is 2.07. The number of anilines is 1. The summed E-state index contributed by atoms with van der Waals surface area (Å²) in [5.74, 6) is -0.0547. The van der Waals surface area contributed by atoms with Crippen molar-refractivity contribution in [3.63, 3.8) is 0 Å². The van der Waals surface area contributed by atoms with Gasteiger partial charge in [0.25, 0.3) is 5.91 Å². The maximum atomic E-state index is 12.2. The maximum Gasteiger partial charge on any atom is 0.251 e. The number of rotatable bonds is 4. The van der Waals surface area contributed by atoms with Gasteiger partial charge in [0.05, 0.1) is 0 Å². The van der Waals surface area contributed by atoms with Gasteiger partial charge >= 0.3 is 0 Å². The van der Waals surface area contributed by atoms with E-state index in [0.717, 1.165) is 21.3 Å². The average Bonchev–Trinajstić information content (AvgIpc) is 2.46. The van der Waals surface area contributed by atoms with Crippen LogP contribution >= 0.6 is 15.9 Å². The lowest BCUT2D eigenvalue weighted by Gasteiger charge is -2.10. The van der Waals surface area contributed by atoms with Crippen molar-refractivity contribution in [3.05, 3.63) is 63.6 Å². The van der Waals surface area contributed by atoms with Crippen molar-refractivity contribution >= 4 is 27.5 Å². The van der Waals surface area contributed by atoms with Crippen LogP contribution in [-0.2, 0) is 6.54 Å². The minimum absolute atomic E-state index is 0.0547. The molecule has 0 fully saturated rings. The van der Waals surface area contributed by atoms with Gasteiger partial charge in [-0.1, -0.05) is 34.1 Å². The third kappa shape index (κ3) is 3.39. The van der Waals surface area contributed by atoms with Crippen LogP contribution in [0.3, 0.4) is 0 Å². The van der Waals surface area contributed by atoms with E-state index in [1.54, 1.807) is 0 Å². The molecule has 2 aromatic rings. The highest BCUT2D eigenvalue weighted by atomic mass is 79.9. The van der Waals surface area contributed by atoms with E-state index < -0.39 is 0 Å². The molecule has 20 heavy (non-hydrogen) atoms. The summed E-state index contributed by atoms with van der Waals surface area (Å²) in [6.45, 7) is 2.45. The van der Waals surface area contributed by atoms with Gasteiger partial charge in [-0.05, 0) is 42.3 Å². The molecule has 0 spiro atoms. The highest BCUT2D eigenvalue weighted by Crippen LogP contribution is 2.17. The second-order valence-electron chi connectivity index (χ2n) is 4.55. The van der Waals surface area contributed by atoms with Gasteiger partial charge in [-0.3, -0.25) is 4.79 Å². The van der Waals surface area contributed by atoms with E-state index in [0.29, 0.717) is 12.1 Å². The Bertz CT molecular complexity index is 626. The molecule has 4 heteroatoms. The minimum atomic E-state index is -0.0547. The molecule has 0 unspecified atom stereocenters. The number of amides is 1. The van der Waals surface area contributed by atoms with E-state index in [1.807, 2.05) is 56.4 Å². The first kappa shape index (κ1) is 14.6. The summed E-state index contributed by atoms with van der Waals surface area (Å²) in [4.78, 5) is 12.2. The van der Waals surface area contributed by atoms with Gasteiger partial charge in [-0.15, -0.1) is 0 Å². The quantitative estimate of drug-likeness (QED) is 0.895. The van der Waals surface area contributed by atoms with E-state index in [4.69, 9.17) is 0 Å². The summed E-state index contributed by atoms with van der Waals surface area (Å²) in [7, 11) is 1.86. The first-order valence-electron chi connectivity index (χ1n) is 6.42. The second-order valence-corrected chi connectivity index (χ2v) is 5.41. The Morgan fingerprint density at radius 2 is 1.95 bits per heavy atom. The van der Waals surface area contributed by atoms with Crippen molar-refractivity contribution in [2.45, 2.75) is 13.5 Å². The number of hydrogen-bond acceptors (Lipinski definition) is 2. The molecule has 0 aliphatic rings. The molecular formula is C16H17BrN2O. The standard InChI is InChI=1S/C16H17BrN2O/c1-11-9-13(18-2)7-8-14(11)16(20)19-10-12-5-3-4-6-15(12)17/h3-9,18H,10H2,1-2H3,(H,19,20). The predicted molar refractivity (Wildman–Crippen MR) is 86.0 cm³/mol. The molecule has 0 aliphatic heterocycles. The molecule has 0 radical (unpaired) electrons. The van der Waals surface area contributed by atoms with Crippen LogP contribution in [0.15, 0.2) is 46.9 Å². The summed E-state index contributed by atoms with van der Waals surface area (Å²) < 4.78 is 1.00. The van der Waals surface area contributed by atoms with Gasteiger partial charge in [-0.2, -0.15) is 0 Å². The van der Waals surface area contributed by atoms with Gasteiger partial charge in [0, 0.05) is 29.3 Å². The molecule has 0 saturated carbocycles. The van der Waals surface area contributed by atoms with Gasteiger partial charge in [-0.25, -0.2) is 0 Å². The van der Waals surface area contributed by atoms with Crippen molar-refractivity contribution in [1.29, 1.82) is 0 Å². The number of carbonyl (C=O) groups is 1. The van der Waals surface area contributed by atoms with Crippen LogP contribution in [0.2, 0.25) is 0 Å². The van der Waals surface area contributed by atoms with Crippen LogP contribution < -0.4 is 10.6 Å². The molecule has 1 amide bonds. The lowest BCUT2D eigenvalue weighted by molar-refractivity contribution is 0.0950. The Labute approximate surface area is 127 Å². The number of aryl methyl sites for hydroxylation is 1. The SMILES string of the molecule is CNc1ccc(C(=O)NCc2ccccc2Br)c(C)c1. The Hall–Kier alpha value is -1.81. The van der Waals surface area contributed by atoms with Crippen molar-refractivity contribution in [2.24, 2.45) is 0 Å². The zero-order chi connectivity index (χ0) is 14.5. The topological polar surface area (TPSA) is 41.1 Å². The monoisotopic (exact) mass is 332 g/mol. The molecule has 2 rings (SSSR count). The summed E-state index contributed by atoms with van der Waals surface area (Å²) in [5, 5.41) is 6.01. The molecule has 0 atom stereocenters.